The lowest BCUT2D eigenvalue weighted by Crippen LogP contribution is -2.39. The molecule has 248 valence electrons. The van der Waals surface area contributed by atoms with Crippen LogP contribution in [0.25, 0.3) is 0 Å². The first-order valence-corrected chi connectivity index (χ1v) is 16.9. The van der Waals surface area contributed by atoms with Gasteiger partial charge in [0.05, 0.1) is 38.7 Å². The Kier molecular flexibility index (Phi) is 15.9. The lowest BCUT2D eigenvalue weighted by molar-refractivity contribution is -0.00374. The van der Waals surface area contributed by atoms with Gasteiger partial charge in [-0.2, -0.15) is 4.39 Å². The number of aryl methyl sites for hydroxylation is 1. The van der Waals surface area contributed by atoms with E-state index < -0.39 is 49.7 Å². The number of nitrogens with zero attached hydrogens (tertiary/aromatic N) is 1. The summed E-state index contributed by atoms with van der Waals surface area (Å²) in [7, 11) is -4.45. The second-order valence-corrected chi connectivity index (χ2v) is 12.5. The highest BCUT2D eigenvalue weighted by Crippen LogP contribution is 2.43. The summed E-state index contributed by atoms with van der Waals surface area (Å²) in [5, 5.41) is 10.4. The maximum atomic E-state index is 13.6. The SMILES string of the molecule is O=c1[nH]c(=O)n(C2CO[C@H](COP(=O)(O)OCCOCCCCCCCCCCCCCc3ccc(F)cc3)[C@H]2O)cc1F. The van der Waals surface area contributed by atoms with Crippen LogP contribution in [0.5, 0.6) is 0 Å². The quantitative estimate of drug-likeness (QED) is 0.121. The van der Waals surface area contributed by atoms with Gasteiger partial charge >= 0.3 is 13.5 Å². The predicted octanol–water partition coefficient (Wildman–Crippen LogP) is 4.80. The lowest BCUT2D eigenvalue weighted by Gasteiger charge is -2.20. The summed E-state index contributed by atoms with van der Waals surface area (Å²) in [6, 6.07) is 5.74. The Labute approximate surface area is 256 Å². The van der Waals surface area contributed by atoms with Crippen LogP contribution in [0.3, 0.4) is 0 Å². The maximum absolute atomic E-state index is 13.6. The molecule has 1 fully saturated rings. The Morgan fingerprint density at radius 3 is 2.16 bits per heavy atom. The van der Waals surface area contributed by atoms with Gasteiger partial charge in [0, 0.05) is 6.61 Å². The Bertz CT molecular complexity index is 1270. The molecule has 0 radical (unpaired) electrons. The van der Waals surface area contributed by atoms with Gasteiger partial charge in [-0.1, -0.05) is 69.9 Å². The first kappa shape index (κ1) is 36.2. The van der Waals surface area contributed by atoms with Gasteiger partial charge in [-0.05, 0) is 37.0 Å². The number of aromatic amines is 1. The monoisotopic (exact) mass is 646 g/mol. The highest BCUT2D eigenvalue weighted by atomic mass is 31.2. The standard InChI is InChI=1S/C30H45F2N2O9P/c31-24-15-13-23(14-16-24)12-10-8-6-4-2-1-3-5-7-9-11-17-40-18-19-42-44(38,39)43-22-27-28(35)26(21-41-27)34-20-25(32)29(36)33-30(34)37/h13-16,20,26-28,35H,1-12,17-19,21-22H2,(H,38,39)(H,33,36,37)/t26?,27-,28+/m1/s1. The van der Waals surface area contributed by atoms with Gasteiger partial charge in [0.1, 0.15) is 18.0 Å². The summed E-state index contributed by atoms with van der Waals surface area (Å²) in [6.07, 6.45) is 12.1. The molecule has 3 rings (SSSR count). The van der Waals surface area contributed by atoms with Gasteiger partial charge in [0.25, 0.3) is 5.56 Å². The average molecular weight is 647 g/mol. The highest BCUT2D eigenvalue weighted by molar-refractivity contribution is 7.47. The Morgan fingerprint density at radius 1 is 0.886 bits per heavy atom. The molecule has 0 amide bonds. The molecule has 0 aliphatic carbocycles. The number of aliphatic hydroxyl groups excluding tert-OH is 1. The first-order valence-electron chi connectivity index (χ1n) is 15.4. The minimum Gasteiger partial charge on any atom is -0.388 e. The van der Waals surface area contributed by atoms with Crippen molar-refractivity contribution in [2.24, 2.45) is 0 Å². The van der Waals surface area contributed by atoms with Crippen LogP contribution in [0, 0.1) is 11.6 Å². The summed E-state index contributed by atoms with van der Waals surface area (Å²) in [4.78, 5) is 34.8. The van der Waals surface area contributed by atoms with Crippen molar-refractivity contribution >= 4 is 7.82 Å². The van der Waals surface area contributed by atoms with Crippen LogP contribution in [0.4, 0.5) is 8.78 Å². The molecule has 1 aromatic carbocycles. The average Bonchev–Trinajstić information content (AvgIpc) is 3.36. The molecule has 0 bridgehead atoms. The molecular formula is C30H45F2N2O9P. The van der Waals surface area contributed by atoms with E-state index >= 15 is 0 Å². The van der Waals surface area contributed by atoms with Crippen LogP contribution in [-0.2, 0) is 29.5 Å². The van der Waals surface area contributed by atoms with Gasteiger partial charge in [0.15, 0.2) is 0 Å². The molecule has 0 spiro atoms. The zero-order chi connectivity index (χ0) is 31.8. The summed E-state index contributed by atoms with van der Waals surface area (Å²) in [5.41, 5.74) is -0.900. The Hall–Kier alpha value is -2.25. The summed E-state index contributed by atoms with van der Waals surface area (Å²) in [6.45, 7) is -0.239. The summed E-state index contributed by atoms with van der Waals surface area (Å²) >= 11 is 0. The number of H-pyrrole nitrogens is 1. The zero-order valence-electron chi connectivity index (χ0n) is 25.0. The van der Waals surface area contributed by atoms with E-state index in [4.69, 9.17) is 18.5 Å². The van der Waals surface area contributed by atoms with Crippen LogP contribution in [0.15, 0.2) is 40.1 Å². The number of hydrogen-bond acceptors (Lipinski definition) is 8. The van der Waals surface area contributed by atoms with Crippen LogP contribution in [0.1, 0.15) is 82.2 Å². The number of ether oxygens (including phenoxy) is 2. The van der Waals surface area contributed by atoms with Crippen LogP contribution >= 0.6 is 7.82 Å². The van der Waals surface area contributed by atoms with E-state index in [1.54, 1.807) is 4.98 Å². The largest absolute Gasteiger partial charge is 0.472 e. The lowest BCUT2D eigenvalue weighted by atomic mass is 10.0. The minimum absolute atomic E-state index is 0.114. The van der Waals surface area contributed by atoms with E-state index in [0.717, 1.165) is 36.7 Å². The van der Waals surface area contributed by atoms with Crippen molar-refractivity contribution in [3.63, 3.8) is 0 Å². The van der Waals surface area contributed by atoms with Crippen molar-refractivity contribution in [3.8, 4) is 0 Å². The predicted molar refractivity (Wildman–Crippen MR) is 160 cm³/mol. The van der Waals surface area contributed by atoms with Crippen molar-refractivity contribution in [1.29, 1.82) is 0 Å². The van der Waals surface area contributed by atoms with E-state index in [-0.39, 0.29) is 25.6 Å². The number of nitrogens with one attached hydrogen (secondary N) is 1. The van der Waals surface area contributed by atoms with E-state index in [0.29, 0.717) is 12.8 Å². The summed E-state index contributed by atoms with van der Waals surface area (Å²) in [5.74, 6) is -1.38. The first-order chi connectivity index (χ1) is 21.2. The third-order valence-corrected chi connectivity index (χ3v) is 8.57. The molecule has 11 nitrogen and oxygen atoms in total. The van der Waals surface area contributed by atoms with Gasteiger partial charge in [-0.25, -0.2) is 13.8 Å². The fourth-order valence-corrected chi connectivity index (χ4v) is 5.77. The Morgan fingerprint density at radius 2 is 1.50 bits per heavy atom. The third kappa shape index (κ3) is 13.0. The van der Waals surface area contributed by atoms with Crippen LogP contribution < -0.4 is 11.2 Å². The smallest absolute Gasteiger partial charge is 0.388 e. The number of benzene rings is 1. The number of unbranched alkanes of at least 4 members (excludes halogenated alkanes) is 10. The molecule has 1 aromatic heterocycles. The second-order valence-electron chi connectivity index (χ2n) is 11.0. The molecular weight excluding hydrogens is 601 g/mol. The third-order valence-electron chi connectivity index (χ3n) is 7.59. The molecule has 3 N–H and O–H groups in total. The van der Waals surface area contributed by atoms with Crippen molar-refractivity contribution in [2.45, 2.75) is 95.3 Å². The number of halogens is 2. The Balaban J connectivity index is 1.11. The molecule has 1 saturated heterocycles. The molecule has 2 unspecified atom stereocenters. The van der Waals surface area contributed by atoms with Gasteiger partial charge in [0.2, 0.25) is 5.82 Å². The normalized spacial score (nSPS) is 19.8. The van der Waals surface area contributed by atoms with Gasteiger partial charge in [-0.15, -0.1) is 0 Å². The number of aliphatic hydroxyl groups is 1. The molecule has 14 heteroatoms. The number of rotatable bonds is 22. The van der Waals surface area contributed by atoms with Crippen molar-refractivity contribution in [3.05, 3.63) is 68.5 Å². The van der Waals surface area contributed by atoms with E-state index in [2.05, 4.69) is 0 Å². The fraction of sp³-hybridized carbons (Fsp3) is 0.667. The number of aromatic nitrogens is 2. The van der Waals surface area contributed by atoms with Crippen molar-refractivity contribution in [2.75, 3.05) is 33.0 Å². The molecule has 0 saturated carbocycles. The second kappa shape index (κ2) is 19.3. The van der Waals surface area contributed by atoms with Crippen molar-refractivity contribution < 1.29 is 41.9 Å². The topological polar surface area (TPSA) is 149 Å². The molecule has 1 aliphatic rings. The highest BCUT2D eigenvalue weighted by Gasteiger charge is 2.39. The van der Waals surface area contributed by atoms with E-state index in [9.17, 15) is 32.9 Å². The fourth-order valence-electron chi connectivity index (χ4n) is 5.06. The molecule has 44 heavy (non-hydrogen) atoms. The number of hydrogen-bond donors (Lipinski definition) is 3. The number of phosphoric acid groups is 1. The maximum Gasteiger partial charge on any atom is 0.472 e. The zero-order valence-corrected chi connectivity index (χ0v) is 25.9. The molecule has 4 atom stereocenters. The molecule has 1 aliphatic heterocycles. The van der Waals surface area contributed by atoms with Crippen molar-refractivity contribution in [1.82, 2.24) is 9.55 Å². The van der Waals surface area contributed by atoms with E-state index in [1.807, 2.05) is 12.1 Å². The van der Waals surface area contributed by atoms with E-state index in [1.165, 1.54) is 62.6 Å². The molecule has 2 aromatic rings. The number of phosphoric ester groups is 1. The molecule has 2 heterocycles. The minimum atomic E-state index is -4.45. The summed E-state index contributed by atoms with van der Waals surface area (Å²) < 4.78 is 60.0. The van der Waals surface area contributed by atoms with Crippen LogP contribution in [0.2, 0.25) is 0 Å². The van der Waals surface area contributed by atoms with Gasteiger partial charge in [-0.3, -0.25) is 23.4 Å². The van der Waals surface area contributed by atoms with Gasteiger partial charge < -0.3 is 19.5 Å². The van der Waals surface area contributed by atoms with Crippen LogP contribution in [-0.4, -0.2) is 64.8 Å².